The molecule has 0 bridgehead atoms. The third-order valence-corrected chi connectivity index (χ3v) is 20.6. The molecule has 98 heavy (non-hydrogen) atoms. The molecule has 0 radical (unpaired) electrons. The number of aliphatic hydroxyl groups is 1. The number of aliphatic hydroxyl groups excluding tert-OH is 1. The van der Waals surface area contributed by atoms with Crippen LogP contribution in [0.1, 0.15) is 402 Å². The Balaban J connectivity index is 5.17. The van der Waals surface area contributed by atoms with Crippen molar-refractivity contribution in [2.45, 2.75) is 420 Å². The normalized spacial score (nSPS) is 14.3. The Morgan fingerprint density at radius 3 is 0.724 bits per heavy atom. The van der Waals surface area contributed by atoms with Gasteiger partial charge in [0.25, 0.3) is 0 Å². The summed E-state index contributed by atoms with van der Waals surface area (Å²) in [6, 6.07) is 0. The van der Waals surface area contributed by atoms with Gasteiger partial charge in [-0.15, -0.1) is 0 Å². The molecule has 0 aromatic carbocycles. The van der Waals surface area contributed by atoms with Crippen LogP contribution in [0.3, 0.4) is 0 Å². The first kappa shape index (κ1) is 96.1. The lowest BCUT2D eigenvalue weighted by molar-refractivity contribution is -0.161. The van der Waals surface area contributed by atoms with Gasteiger partial charge in [-0.1, -0.05) is 351 Å². The van der Waals surface area contributed by atoms with Crippen LogP contribution in [0.2, 0.25) is 0 Å². The summed E-state index contributed by atoms with van der Waals surface area (Å²) in [4.78, 5) is 72.8. The van der Waals surface area contributed by atoms with Gasteiger partial charge in [-0.2, -0.15) is 0 Å². The Morgan fingerprint density at radius 2 is 0.490 bits per heavy atom. The minimum atomic E-state index is -4.96. The third kappa shape index (κ3) is 71.1. The number of phosphoric acid groups is 2. The number of carbonyl (C=O) groups is 4. The summed E-state index contributed by atoms with van der Waals surface area (Å²) in [6.07, 6.45) is 54.5. The maximum atomic E-state index is 13.1. The van der Waals surface area contributed by atoms with Crippen LogP contribution in [0, 0.1) is 23.7 Å². The number of rotatable bonds is 76. The number of carbonyl (C=O) groups excluding carboxylic acids is 4. The standard InChI is InChI=1S/C79H154O17P2/c1-9-72(8)58-50-42-33-27-23-19-14-12-10-11-13-15-20-24-28-34-43-51-59-76(81)89-65-74(95-78(83)61-53-45-35-29-25-21-17-16-18-22-26-31-39-47-55-69(2)3)67-93-97(85,86)91-63-73(80)64-92-98(87,88)94-68-75(66-90-77(82)60-52-44-38-37-41-49-57-71(6)7)96-79(84)62-54-46-36-30-32-40-48-56-70(4)5/h69-75,80H,9-68H2,1-8H3,(H,85,86)(H,87,88)/t72?,73-,74-,75-/m1/s1. The molecule has 0 spiro atoms. The van der Waals surface area contributed by atoms with Crippen LogP contribution < -0.4 is 0 Å². The molecule has 0 saturated heterocycles. The molecule has 0 saturated carbocycles. The highest BCUT2D eigenvalue weighted by atomic mass is 31.2. The summed E-state index contributed by atoms with van der Waals surface area (Å²) in [5.41, 5.74) is 0. The van der Waals surface area contributed by atoms with Gasteiger partial charge in [0.05, 0.1) is 26.4 Å². The summed E-state index contributed by atoms with van der Waals surface area (Å²) in [5, 5.41) is 10.6. The van der Waals surface area contributed by atoms with Crippen molar-refractivity contribution in [3.05, 3.63) is 0 Å². The molecule has 0 fully saturated rings. The molecule has 0 aliphatic heterocycles. The highest BCUT2D eigenvalue weighted by Crippen LogP contribution is 2.45. The second-order valence-electron chi connectivity index (χ2n) is 30.1. The highest BCUT2D eigenvalue weighted by molar-refractivity contribution is 7.47. The number of esters is 4. The number of hydrogen-bond acceptors (Lipinski definition) is 15. The van der Waals surface area contributed by atoms with Gasteiger partial charge in [0.15, 0.2) is 12.2 Å². The van der Waals surface area contributed by atoms with Crippen LogP contribution in [0.15, 0.2) is 0 Å². The molecule has 3 N–H and O–H groups in total. The molecule has 0 heterocycles. The van der Waals surface area contributed by atoms with E-state index in [2.05, 4.69) is 55.4 Å². The number of unbranched alkanes of at least 4 members (excludes halogenated alkanes) is 41. The van der Waals surface area contributed by atoms with Crippen LogP contribution in [-0.4, -0.2) is 96.7 Å². The van der Waals surface area contributed by atoms with Crippen LogP contribution >= 0.6 is 15.6 Å². The van der Waals surface area contributed by atoms with Gasteiger partial charge in [-0.05, 0) is 49.4 Å². The molecule has 0 amide bonds. The van der Waals surface area contributed by atoms with E-state index in [0.717, 1.165) is 108 Å². The molecule has 0 aliphatic carbocycles. The van der Waals surface area contributed by atoms with E-state index < -0.39 is 97.5 Å². The molecule has 19 heteroatoms. The summed E-state index contributed by atoms with van der Waals surface area (Å²) < 4.78 is 68.5. The van der Waals surface area contributed by atoms with Crippen LogP contribution in [0.25, 0.3) is 0 Å². The molecular weight excluding hydrogens is 1280 g/mol. The van der Waals surface area contributed by atoms with E-state index in [1.165, 1.54) is 199 Å². The minimum absolute atomic E-state index is 0.102. The SMILES string of the molecule is CCC(C)CCCCCCCCCCCCCCCCCCCCC(=O)OC[C@H](COP(=O)(O)OC[C@@H](O)COP(=O)(O)OC[C@@H](COC(=O)CCCCCCCCC(C)C)OC(=O)CCCCCCCCCC(C)C)OC(=O)CCCCCCCCCCCCCCCCC(C)C. The number of phosphoric ester groups is 2. The molecular formula is C79H154O17P2. The van der Waals surface area contributed by atoms with Gasteiger partial charge in [-0.25, -0.2) is 9.13 Å². The lowest BCUT2D eigenvalue weighted by atomic mass is 9.99. The lowest BCUT2D eigenvalue weighted by Gasteiger charge is -2.21. The predicted octanol–water partition coefficient (Wildman–Crippen LogP) is 23.2. The van der Waals surface area contributed by atoms with Crippen molar-refractivity contribution in [1.29, 1.82) is 0 Å². The maximum Gasteiger partial charge on any atom is 0.472 e. The first-order chi connectivity index (χ1) is 47.1. The molecule has 0 rings (SSSR count). The summed E-state index contributed by atoms with van der Waals surface area (Å²) in [7, 11) is -9.91. The molecule has 0 aliphatic rings. The van der Waals surface area contributed by atoms with Gasteiger partial charge >= 0.3 is 39.5 Å². The second kappa shape index (κ2) is 68.2. The summed E-state index contributed by atoms with van der Waals surface area (Å²) >= 11 is 0. The number of hydrogen-bond donors (Lipinski definition) is 3. The van der Waals surface area contributed by atoms with E-state index in [-0.39, 0.29) is 25.7 Å². The Kier molecular flexibility index (Phi) is 66.8. The van der Waals surface area contributed by atoms with E-state index in [4.69, 9.17) is 37.0 Å². The zero-order chi connectivity index (χ0) is 72.4. The van der Waals surface area contributed by atoms with Crippen molar-refractivity contribution in [2.24, 2.45) is 23.7 Å². The molecule has 0 aromatic rings. The van der Waals surface area contributed by atoms with E-state index >= 15 is 0 Å². The highest BCUT2D eigenvalue weighted by Gasteiger charge is 2.30. The number of ether oxygens (including phenoxy) is 4. The van der Waals surface area contributed by atoms with Crippen molar-refractivity contribution in [3.8, 4) is 0 Å². The summed E-state index contributed by atoms with van der Waals surface area (Å²) in [6.45, 7) is 14.2. The molecule has 582 valence electrons. The van der Waals surface area contributed by atoms with Gasteiger partial charge in [-0.3, -0.25) is 37.3 Å². The van der Waals surface area contributed by atoms with Crippen LogP contribution in [0.5, 0.6) is 0 Å². The van der Waals surface area contributed by atoms with Crippen LogP contribution in [0.4, 0.5) is 0 Å². The Bertz CT molecular complexity index is 1920. The van der Waals surface area contributed by atoms with Crippen molar-refractivity contribution in [3.63, 3.8) is 0 Å². The molecule has 0 aromatic heterocycles. The fraction of sp³-hybridized carbons (Fsp3) is 0.949. The molecule has 6 atom stereocenters. The van der Waals surface area contributed by atoms with Gasteiger partial charge < -0.3 is 33.8 Å². The Morgan fingerprint density at radius 1 is 0.286 bits per heavy atom. The molecule has 17 nitrogen and oxygen atoms in total. The summed E-state index contributed by atoms with van der Waals surface area (Å²) in [5.74, 6) is 0.922. The topological polar surface area (TPSA) is 237 Å². The fourth-order valence-corrected chi connectivity index (χ4v) is 13.6. The third-order valence-electron chi connectivity index (χ3n) is 18.7. The smallest absolute Gasteiger partial charge is 0.462 e. The van der Waals surface area contributed by atoms with Crippen molar-refractivity contribution >= 4 is 39.5 Å². The zero-order valence-electron chi connectivity index (χ0n) is 64.4. The lowest BCUT2D eigenvalue weighted by Crippen LogP contribution is -2.30. The first-order valence-electron chi connectivity index (χ1n) is 40.7. The quantitative estimate of drug-likeness (QED) is 0.0222. The minimum Gasteiger partial charge on any atom is -0.462 e. The Hall–Kier alpha value is -1.94. The van der Waals surface area contributed by atoms with Crippen LogP contribution in [-0.2, 0) is 65.4 Å². The van der Waals surface area contributed by atoms with E-state index in [0.29, 0.717) is 37.5 Å². The predicted molar refractivity (Wildman–Crippen MR) is 400 cm³/mol. The Labute approximate surface area is 600 Å². The molecule has 3 unspecified atom stereocenters. The van der Waals surface area contributed by atoms with Crippen molar-refractivity contribution < 1.29 is 80.2 Å². The average molecular weight is 1440 g/mol. The zero-order valence-corrected chi connectivity index (χ0v) is 66.2. The van der Waals surface area contributed by atoms with Gasteiger partial charge in [0.1, 0.15) is 19.3 Å². The van der Waals surface area contributed by atoms with E-state index in [1.807, 2.05) is 0 Å². The fourth-order valence-electron chi connectivity index (χ4n) is 12.0. The van der Waals surface area contributed by atoms with Crippen molar-refractivity contribution in [1.82, 2.24) is 0 Å². The van der Waals surface area contributed by atoms with Crippen molar-refractivity contribution in [2.75, 3.05) is 39.6 Å². The second-order valence-corrected chi connectivity index (χ2v) is 33.0. The average Bonchev–Trinajstić information content (AvgIpc) is 0.929. The first-order valence-corrected chi connectivity index (χ1v) is 43.7. The largest absolute Gasteiger partial charge is 0.472 e. The monoisotopic (exact) mass is 1440 g/mol. The maximum absolute atomic E-state index is 13.1. The van der Waals surface area contributed by atoms with E-state index in [1.54, 1.807) is 0 Å². The van der Waals surface area contributed by atoms with E-state index in [9.17, 15) is 43.2 Å². The van der Waals surface area contributed by atoms with Gasteiger partial charge in [0.2, 0.25) is 0 Å². The van der Waals surface area contributed by atoms with Gasteiger partial charge in [0, 0.05) is 25.7 Å².